The first-order valence-corrected chi connectivity index (χ1v) is 3.65. The maximum absolute atomic E-state index is 12.6. The molecule has 4 heteroatoms. The van der Waals surface area contributed by atoms with Crippen LogP contribution >= 0.6 is 23.2 Å². The summed E-state index contributed by atoms with van der Waals surface area (Å²) >= 11 is 11.0. The second kappa shape index (κ2) is 3.39. The van der Waals surface area contributed by atoms with Crippen molar-refractivity contribution < 1.29 is 9.50 Å². The minimum absolute atomic E-state index is 0.0350. The molecule has 0 radical (unpaired) electrons. The summed E-state index contributed by atoms with van der Waals surface area (Å²) in [5, 5.41) is 8.88. The Morgan fingerprint density at radius 1 is 1.27 bits per heavy atom. The van der Waals surface area contributed by atoms with Crippen molar-refractivity contribution in [1.82, 2.24) is 0 Å². The fraction of sp³-hybridized carbons (Fsp3) is 0.143. The SMILES string of the molecule is OCc1cc(F)c(Cl)cc1Cl. The molecular weight excluding hydrogens is 190 g/mol. The van der Waals surface area contributed by atoms with Crippen molar-refractivity contribution in [3.63, 3.8) is 0 Å². The van der Waals surface area contributed by atoms with Crippen molar-refractivity contribution in [3.05, 3.63) is 33.6 Å². The second-order valence-corrected chi connectivity index (χ2v) is 2.83. The molecule has 0 saturated heterocycles. The van der Waals surface area contributed by atoms with Gasteiger partial charge in [-0.25, -0.2) is 4.39 Å². The number of hydrogen-bond donors (Lipinski definition) is 1. The van der Waals surface area contributed by atoms with Crippen LogP contribution in [0.2, 0.25) is 10.0 Å². The molecule has 1 rings (SSSR count). The molecule has 0 aromatic heterocycles. The van der Waals surface area contributed by atoms with Gasteiger partial charge in [-0.1, -0.05) is 23.2 Å². The van der Waals surface area contributed by atoms with Crippen LogP contribution in [0, 0.1) is 5.82 Å². The van der Waals surface area contributed by atoms with Crippen LogP contribution in [0.15, 0.2) is 12.1 Å². The highest BCUT2D eigenvalue weighted by atomic mass is 35.5. The molecule has 0 spiro atoms. The first kappa shape index (κ1) is 8.78. The lowest BCUT2D eigenvalue weighted by molar-refractivity contribution is 0.281. The number of hydrogen-bond acceptors (Lipinski definition) is 1. The van der Waals surface area contributed by atoms with Gasteiger partial charge < -0.3 is 5.11 Å². The molecule has 1 N–H and O–H groups in total. The van der Waals surface area contributed by atoms with E-state index in [1.165, 1.54) is 6.07 Å². The highest BCUT2D eigenvalue weighted by molar-refractivity contribution is 6.35. The van der Waals surface area contributed by atoms with Crippen molar-refractivity contribution in [3.8, 4) is 0 Å². The molecule has 0 amide bonds. The number of aliphatic hydroxyl groups is 1. The number of rotatable bonds is 1. The van der Waals surface area contributed by atoms with Crippen LogP contribution in [0.3, 0.4) is 0 Å². The average Bonchev–Trinajstić information content (AvgIpc) is 1.97. The van der Waals surface area contributed by atoms with Crippen LogP contribution in [-0.2, 0) is 6.61 Å². The van der Waals surface area contributed by atoms with Gasteiger partial charge in [-0.3, -0.25) is 0 Å². The van der Waals surface area contributed by atoms with Crippen LogP contribution in [0.5, 0.6) is 0 Å². The van der Waals surface area contributed by atoms with E-state index in [4.69, 9.17) is 28.3 Å². The van der Waals surface area contributed by atoms with Crippen LogP contribution in [0.25, 0.3) is 0 Å². The smallest absolute Gasteiger partial charge is 0.142 e. The molecule has 0 aliphatic carbocycles. The molecule has 1 aromatic rings. The third-order valence-corrected chi connectivity index (χ3v) is 1.90. The number of halogens is 3. The largest absolute Gasteiger partial charge is 0.392 e. The summed E-state index contributed by atoms with van der Waals surface area (Å²) < 4.78 is 12.6. The Bertz CT molecular complexity index is 275. The summed E-state index contributed by atoms with van der Waals surface area (Å²) in [5.74, 6) is -0.569. The maximum Gasteiger partial charge on any atom is 0.142 e. The Balaban J connectivity index is 3.21. The lowest BCUT2D eigenvalue weighted by Crippen LogP contribution is -1.87. The Morgan fingerprint density at radius 2 is 1.91 bits per heavy atom. The predicted octanol–water partition coefficient (Wildman–Crippen LogP) is 2.62. The van der Waals surface area contributed by atoms with Crippen LogP contribution < -0.4 is 0 Å². The summed E-state index contributed by atoms with van der Waals surface area (Å²) in [5.41, 5.74) is 0.341. The van der Waals surface area contributed by atoms with Gasteiger partial charge in [0.2, 0.25) is 0 Å². The predicted molar refractivity (Wildman–Crippen MR) is 42.3 cm³/mol. The fourth-order valence-corrected chi connectivity index (χ4v) is 1.13. The van der Waals surface area contributed by atoms with E-state index in [9.17, 15) is 4.39 Å². The van der Waals surface area contributed by atoms with Gasteiger partial charge in [-0.15, -0.1) is 0 Å². The highest BCUT2D eigenvalue weighted by Gasteiger charge is 2.05. The first-order chi connectivity index (χ1) is 5.15. The van der Waals surface area contributed by atoms with E-state index in [1.807, 2.05) is 0 Å². The zero-order valence-electron chi connectivity index (χ0n) is 5.44. The van der Waals surface area contributed by atoms with Gasteiger partial charge in [0, 0.05) is 5.02 Å². The molecule has 0 saturated carbocycles. The van der Waals surface area contributed by atoms with Gasteiger partial charge in [0.25, 0.3) is 0 Å². The molecule has 11 heavy (non-hydrogen) atoms. The summed E-state index contributed by atoms with van der Waals surface area (Å²) in [6.07, 6.45) is 0. The third kappa shape index (κ3) is 1.83. The van der Waals surface area contributed by atoms with E-state index < -0.39 is 5.82 Å². The molecule has 0 heterocycles. The summed E-state index contributed by atoms with van der Waals surface area (Å²) in [6.45, 7) is -0.285. The van der Waals surface area contributed by atoms with Gasteiger partial charge in [0.1, 0.15) is 5.82 Å². The Hall–Kier alpha value is -0.310. The lowest BCUT2D eigenvalue weighted by atomic mass is 10.2. The number of aliphatic hydroxyl groups excluding tert-OH is 1. The Labute approximate surface area is 73.4 Å². The van der Waals surface area contributed by atoms with Crippen LogP contribution in [0.1, 0.15) is 5.56 Å². The highest BCUT2D eigenvalue weighted by Crippen LogP contribution is 2.23. The maximum atomic E-state index is 12.6. The normalized spacial score (nSPS) is 10.2. The third-order valence-electron chi connectivity index (χ3n) is 1.26. The van der Waals surface area contributed by atoms with E-state index in [0.29, 0.717) is 5.56 Å². The molecular formula is C7H5Cl2FO. The quantitative estimate of drug-likeness (QED) is 0.682. The fourth-order valence-electron chi connectivity index (χ4n) is 0.685. The second-order valence-electron chi connectivity index (χ2n) is 2.02. The Morgan fingerprint density at radius 3 is 2.45 bits per heavy atom. The minimum Gasteiger partial charge on any atom is -0.392 e. The van der Waals surface area contributed by atoms with Crippen molar-refractivity contribution in [2.45, 2.75) is 6.61 Å². The van der Waals surface area contributed by atoms with Crippen LogP contribution in [-0.4, -0.2) is 5.11 Å². The standard InChI is InChI=1S/C7H5Cl2FO/c8-5-2-6(9)7(10)1-4(5)3-11/h1-2,11H,3H2. The summed E-state index contributed by atoms with van der Waals surface area (Å²) in [6, 6.07) is 2.38. The van der Waals surface area contributed by atoms with E-state index in [-0.39, 0.29) is 16.7 Å². The molecule has 1 nitrogen and oxygen atoms in total. The topological polar surface area (TPSA) is 20.2 Å². The van der Waals surface area contributed by atoms with E-state index in [0.717, 1.165) is 6.07 Å². The van der Waals surface area contributed by atoms with E-state index in [2.05, 4.69) is 0 Å². The number of benzene rings is 1. The van der Waals surface area contributed by atoms with Crippen molar-refractivity contribution in [1.29, 1.82) is 0 Å². The molecule has 0 bridgehead atoms. The summed E-state index contributed by atoms with van der Waals surface area (Å²) in [7, 11) is 0. The van der Waals surface area contributed by atoms with E-state index in [1.54, 1.807) is 0 Å². The molecule has 0 aliphatic rings. The van der Waals surface area contributed by atoms with Gasteiger partial charge in [-0.05, 0) is 17.7 Å². The van der Waals surface area contributed by atoms with Crippen molar-refractivity contribution >= 4 is 23.2 Å². The zero-order valence-corrected chi connectivity index (χ0v) is 6.95. The molecule has 1 aromatic carbocycles. The first-order valence-electron chi connectivity index (χ1n) is 2.89. The average molecular weight is 195 g/mol. The lowest BCUT2D eigenvalue weighted by Gasteiger charge is -2.00. The van der Waals surface area contributed by atoms with E-state index >= 15 is 0 Å². The molecule has 0 unspecified atom stereocenters. The molecule has 60 valence electrons. The van der Waals surface area contributed by atoms with Gasteiger partial charge in [-0.2, -0.15) is 0 Å². The Kier molecular flexibility index (Phi) is 2.71. The van der Waals surface area contributed by atoms with Gasteiger partial charge >= 0.3 is 0 Å². The van der Waals surface area contributed by atoms with Gasteiger partial charge in [0.05, 0.1) is 11.6 Å². The van der Waals surface area contributed by atoms with Gasteiger partial charge in [0.15, 0.2) is 0 Å². The molecule has 0 aliphatic heterocycles. The monoisotopic (exact) mass is 194 g/mol. The van der Waals surface area contributed by atoms with Crippen molar-refractivity contribution in [2.24, 2.45) is 0 Å². The van der Waals surface area contributed by atoms with Crippen LogP contribution in [0.4, 0.5) is 4.39 Å². The molecule has 0 fully saturated rings. The summed E-state index contributed by atoms with van der Waals surface area (Å²) in [4.78, 5) is 0. The minimum atomic E-state index is -0.569. The van der Waals surface area contributed by atoms with Crippen molar-refractivity contribution in [2.75, 3.05) is 0 Å². The molecule has 0 atom stereocenters. The zero-order chi connectivity index (χ0) is 8.43.